The lowest BCUT2D eigenvalue weighted by molar-refractivity contribution is 0.164. The van der Waals surface area contributed by atoms with Crippen LogP contribution in [0.2, 0.25) is 0 Å². The third-order valence-corrected chi connectivity index (χ3v) is 2.12. The Morgan fingerprint density at radius 2 is 2.38 bits per heavy atom. The van der Waals surface area contributed by atoms with Gasteiger partial charge in [-0.15, -0.1) is 0 Å². The van der Waals surface area contributed by atoms with Crippen LogP contribution in [0.4, 0.5) is 0 Å². The van der Waals surface area contributed by atoms with Gasteiger partial charge in [0.1, 0.15) is 0 Å². The molecule has 0 spiro atoms. The monoisotopic (exact) mass is 114 g/mol. The molecule has 1 fully saturated rings. The van der Waals surface area contributed by atoms with E-state index in [-0.39, 0.29) is 6.10 Å². The normalized spacial score (nSPS) is 39.4. The van der Waals surface area contributed by atoms with Crippen molar-refractivity contribution in [3.63, 3.8) is 0 Å². The van der Waals surface area contributed by atoms with Crippen LogP contribution in [0.3, 0.4) is 0 Å². The van der Waals surface area contributed by atoms with E-state index in [1.807, 2.05) is 6.92 Å². The van der Waals surface area contributed by atoms with Crippen LogP contribution in [0.15, 0.2) is 0 Å². The van der Waals surface area contributed by atoms with Crippen LogP contribution in [-0.4, -0.2) is 11.2 Å². The molecule has 1 rings (SSSR count). The molecular formula is C7H14O. The number of hydrogen-bond donors (Lipinski definition) is 1. The van der Waals surface area contributed by atoms with Gasteiger partial charge in [-0.05, 0) is 25.2 Å². The molecule has 0 aliphatic heterocycles. The molecule has 0 saturated heterocycles. The molecule has 0 amide bonds. The molecule has 48 valence electrons. The third-order valence-electron chi connectivity index (χ3n) is 2.12. The van der Waals surface area contributed by atoms with E-state index in [4.69, 9.17) is 5.11 Å². The highest BCUT2D eigenvalue weighted by Gasteiger charge is 2.38. The molecular weight excluding hydrogens is 100 g/mol. The van der Waals surface area contributed by atoms with Gasteiger partial charge in [-0.1, -0.05) is 13.3 Å². The summed E-state index contributed by atoms with van der Waals surface area (Å²) in [5, 5.41) is 8.99. The van der Waals surface area contributed by atoms with E-state index in [0.29, 0.717) is 5.92 Å². The van der Waals surface area contributed by atoms with Gasteiger partial charge in [0.15, 0.2) is 0 Å². The first kappa shape index (κ1) is 6.09. The van der Waals surface area contributed by atoms with Crippen LogP contribution in [-0.2, 0) is 0 Å². The van der Waals surface area contributed by atoms with Gasteiger partial charge < -0.3 is 5.11 Å². The second-order valence-electron chi connectivity index (χ2n) is 2.81. The summed E-state index contributed by atoms with van der Waals surface area (Å²) in [7, 11) is 0. The molecule has 1 nitrogen and oxygen atoms in total. The second-order valence-corrected chi connectivity index (χ2v) is 2.81. The summed E-state index contributed by atoms with van der Waals surface area (Å²) in [5.41, 5.74) is 0. The molecule has 1 aliphatic rings. The highest BCUT2D eigenvalue weighted by molar-refractivity contribution is 4.88. The summed E-state index contributed by atoms with van der Waals surface area (Å²) in [5.74, 6) is 1.48. The average Bonchev–Trinajstić information content (AvgIpc) is 2.42. The molecule has 0 unspecified atom stereocenters. The van der Waals surface area contributed by atoms with Crippen molar-refractivity contribution in [1.29, 1.82) is 0 Å². The maximum atomic E-state index is 8.99. The predicted molar refractivity (Wildman–Crippen MR) is 33.6 cm³/mol. The molecule has 1 saturated carbocycles. The van der Waals surface area contributed by atoms with Gasteiger partial charge in [-0.2, -0.15) is 0 Å². The molecule has 1 heteroatoms. The lowest BCUT2D eigenvalue weighted by Gasteiger charge is -1.98. The Kier molecular flexibility index (Phi) is 1.57. The van der Waals surface area contributed by atoms with E-state index < -0.39 is 0 Å². The molecule has 0 bridgehead atoms. The van der Waals surface area contributed by atoms with Gasteiger partial charge in [0.05, 0.1) is 6.10 Å². The fourth-order valence-corrected chi connectivity index (χ4v) is 1.33. The fourth-order valence-electron chi connectivity index (χ4n) is 1.33. The molecule has 0 aromatic carbocycles. The van der Waals surface area contributed by atoms with E-state index in [0.717, 1.165) is 5.92 Å². The van der Waals surface area contributed by atoms with Gasteiger partial charge in [0.2, 0.25) is 0 Å². The SMILES string of the molecule is CC[C@H]1C[C@H]1[C@@H](C)O. The maximum absolute atomic E-state index is 8.99. The summed E-state index contributed by atoms with van der Waals surface area (Å²) >= 11 is 0. The molecule has 1 N–H and O–H groups in total. The topological polar surface area (TPSA) is 20.2 Å². The van der Waals surface area contributed by atoms with Crippen LogP contribution in [0.1, 0.15) is 26.7 Å². The summed E-state index contributed by atoms with van der Waals surface area (Å²) < 4.78 is 0. The van der Waals surface area contributed by atoms with Crippen LogP contribution in [0, 0.1) is 11.8 Å². The number of aliphatic hydroxyl groups is 1. The van der Waals surface area contributed by atoms with Gasteiger partial charge in [0.25, 0.3) is 0 Å². The first-order valence-corrected chi connectivity index (χ1v) is 3.43. The third kappa shape index (κ3) is 1.03. The van der Waals surface area contributed by atoms with Crippen molar-refractivity contribution in [3.05, 3.63) is 0 Å². The Bertz CT molecular complexity index is 78.5. The fraction of sp³-hybridized carbons (Fsp3) is 1.00. The Hall–Kier alpha value is -0.0400. The summed E-state index contributed by atoms with van der Waals surface area (Å²) in [6.45, 7) is 4.08. The van der Waals surface area contributed by atoms with Gasteiger partial charge in [-0.3, -0.25) is 0 Å². The molecule has 0 aromatic heterocycles. The van der Waals surface area contributed by atoms with Crippen LogP contribution >= 0.6 is 0 Å². The molecule has 0 aromatic rings. The maximum Gasteiger partial charge on any atom is 0.0543 e. The van der Waals surface area contributed by atoms with Gasteiger partial charge in [0, 0.05) is 0 Å². The first-order valence-electron chi connectivity index (χ1n) is 3.43. The lowest BCUT2D eigenvalue weighted by atomic mass is 10.2. The van der Waals surface area contributed by atoms with Crippen molar-refractivity contribution in [2.24, 2.45) is 11.8 Å². The zero-order valence-corrected chi connectivity index (χ0v) is 5.59. The Morgan fingerprint density at radius 1 is 1.75 bits per heavy atom. The minimum absolute atomic E-state index is 0.0556. The summed E-state index contributed by atoms with van der Waals surface area (Å²) in [6, 6.07) is 0. The van der Waals surface area contributed by atoms with Gasteiger partial charge in [-0.25, -0.2) is 0 Å². The minimum Gasteiger partial charge on any atom is -0.393 e. The largest absolute Gasteiger partial charge is 0.393 e. The molecule has 1 aliphatic carbocycles. The molecule has 8 heavy (non-hydrogen) atoms. The smallest absolute Gasteiger partial charge is 0.0543 e. The quantitative estimate of drug-likeness (QED) is 0.575. The van der Waals surface area contributed by atoms with Crippen LogP contribution in [0.25, 0.3) is 0 Å². The Labute approximate surface area is 50.7 Å². The van der Waals surface area contributed by atoms with Crippen LogP contribution in [0.5, 0.6) is 0 Å². The van der Waals surface area contributed by atoms with E-state index in [2.05, 4.69) is 6.92 Å². The highest BCUT2D eigenvalue weighted by atomic mass is 16.3. The van der Waals surface area contributed by atoms with Crippen molar-refractivity contribution in [2.75, 3.05) is 0 Å². The first-order chi connectivity index (χ1) is 3.75. The number of aliphatic hydroxyl groups excluding tert-OH is 1. The second kappa shape index (κ2) is 2.06. The molecule has 0 heterocycles. The predicted octanol–water partition coefficient (Wildman–Crippen LogP) is 1.41. The zero-order valence-electron chi connectivity index (χ0n) is 5.59. The zero-order chi connectivity index (χ0) is 6.15. The average molecular weight is 114 g/mol. The van der Waals surface area contributed by atoms with Crippen molar-refractivity contribution in [2.45, 2.75) is 32.8 Å². The van der Waals surface area contributed by atoms with Gasteiger partial charge >= 0.3 is 0 Å². The number of hydrogen-bond acceptors (Lipinski definition) is 1. The van der Waals surface area contributed by atoms with E-state index in [1.54, 1.807) is 0 Å². The summed E-state index contributed by atoms with van der Waals surface area (Å²) in [6.07, 6.45) is 2.45. The summed E-state index contributed by atoms with van der Waals surface area (Å²) in [4.78, 5) is 0. The highest BCUT2D eigenvalue weighted by Crippen LogP contribution is 2.43. The Morgan fingerprint density at radius 3 is 2.50 bits per heavy atom. The van der Waals surface area contributed by atoms with Crippen molar-refractivity contribution in [3.8, 4) is 0 Å². The van der Waals surface area contributed by atoms with Crippen LogP contribution < -0.4 is 0 Å². The van der Waals surface area contributed by atoms with E-state index in [9.17, 15) is 0 Å². The van der Waals surface area contributed by atoms with Crippen molar-refractivity contribution < 1.29 is 5.11 Å². The Balaban J connectivity index is 2.16. The van der Waals surface area contributed by atoms with E-state index >= 15 is 0 Å². The van der Waals surface area contributed by atoms with Crippen molar-refractivity contribution in [1.82, 2.24) is 0 Å². The standard InChI is InChI=1S/C7H14O/c1-3-6-4-7(6)5(2)8/h5-8H,3-4H2,1-2H3/t5-,6+,7+/m1/s1. The molecule has 3 atom stereocenters. The lowest BCUT2D eigenvalue weighted by Crippen LogP contribution is -2.03. The van der Waals surface area contributed by atoms with Crippen molar-refractivity contribution >= 4 is 0 Å². The number of rotatable bonds is 2. The minimum atomic E-state index is -0.0556. The molecule has 0 radical (unpaired) electrons. The van der Waals surface area contributed by atoms with E-state index in [1.165, 1.54) is 12.8 Å².